The van der Waals surface area contributed by atoms with Gasteiger partial charge in [0.1, 0.15) is 11.4 Å². The molecule has 2 N–H and O–H groups in total. The van der Waals surface area contributed by atoms with Gasteiger partial charge in [0, 0.05) is 37.5 Å². The second kappa shape index (κ2) is 11.4. The molecule has 1 saturated heterocycles. The minimum absolute atomic E-state index is 0.0778. The van der Waals surface area contributed by atoms with E-state index in [-0.39, 0.29) is 23.1 Å². The van der Waals surface area contributed by atoms with Gasteiger partial charge in [-0.15, -0.1) is 0 Å². The lowest BCUT2D eigenvalue weighted by Crippen LogP contribution is -2.51. The van der Waals surface area contributed by atoms with Gasteiger partial charge in [0.2, 0.25) is 0 Å². The Morgan fingerprint density at radius 2 is 2.03 bits per heavy atom. The molecule has 2 aromatic rings. The Bertz CT molecular complexity index is 908. The second-order valence-corrected chi connectivity index (χ2v) is 15.1. The van der Waals surface area contributed by atoms with Gasteiger partial charge >= 0.3 is 0 Å². The lowest BCUT2D eigenvalue weighted by molar-refractivity contribution is 0.0842. The molecule has 8 nitrogen and oxygen atoms in total. The van der Waals surface area contributed by atoms with Crippen molar-refractivity contribution in [2.75, 3.05) is 37.8 Å². The van der Waals surface area contributed by atoms with Crippen LogP contribution in [-0.2, 0) is 9.16 Å². The number of hydrogen-bond acceptors (Lipinski definition) is 6. The van der Waals surface area contributed by atoms with E-state index in [4.69, 9.17) is 13.9 Å². The molecule has 188 valence electrons. The van der Waals surface area contributed by atoms with Crippen molar-refractivity contribution in [1.29, 1.82) is 0 Å². The monoisotopic (exact) mass is 488 g/mol. The summed E-state index contributed by atoms with van der Waals surface area (Å²) in [7, 11) is -2.01. The second-order valence-electron chi connectivity index (χ2n) is 10.4. The van der Waals surface area contributed by atoms with Gasteiger partial charge in [-0.2, -0.15) is 0 Å². The van der Waals surface area contributed by atoms with Crippen LogP contribution in [0.3, 0.4) is 0 Å². The average molecular weight is 489 g/mol. The Labute approximate surface area is 204 Å². The van der Waals surface area contributed by atoms with Crippen LogP contribution in [0.25, 0.3) is 0 Å². The molecule has 1 fully saturated rings. The highest BCUT2D eigenvalue weighted by Gasteiger charge is 2.40. The number of benzene rings is 1. The zero-order valence-electron chi connectivity index (χ0n) is 21.4. The Morgan fingerprint density at radius 3 is 2.68 bits per heavy atom. The van der Waals surface area contributed by atoms with Crippen molar-refractivity contribution in [2.45, 2.75) is 64.4 Å². The molecule has 0 saturated carbocycles. The predicted octanol–water partition coefficient (Wildman–Crippen LogP) is 4.22. The van der Waals surface area contributed by atoms with Gasteiger partial charge in [0.15, 0.2) is 8.32 Å². The molecule has 0 unspecified atom stereocenters. The number of anilines is 1. The van der Waals surface area contributed by atoms with Crippen LogP contribution in [-0.4, -0.2) is 69.2 Å². The number of carbonyl (C=O) groups is 1. The maximum atomic E-state index is 12.7. The summed E-state index contributed by atoms with van der Waals surface area (Å²) < 4.78 is 18.2. The summed E-state index contributed by atoms with van der Waals surface area (Å²) in [5.41, 5.74) is 1.50. The van der Waals surface area contributed by atoms with Crippen molar-refractivity contribution in [3.8, 4) is 5.75 Å². The quantitative estimate of drug-likeness (QED) is 0.487. The molecule has 0 spiro atoms. The lowest BCUT2D eigenvalue weighted by atomic mass is 10.1. The third-order valence-electron chi connectivity index (χ3n) is 6.79. The smallest absolute Gasteiger partial charge is 0.271 e. The van der Waals surface area contributed by atoms with Crippen molar-refractivity contribution in [1.82, 2.24) is 15.3 Å². The minimum atomic E-state index is -2.01. The number of imidazole rings is 1. The van der Waals surface area contributed by atoms with E-state index >= 15 is 0 Å². The van der Waals surface area contributed by atoms with Gasteiger partial charge in [0.05, 0.1) is 38.3 Å². The molecule has 2 heterocycles. The van der Waals surface area contributed by atoms with E-state index in [9.17, 15) is 4.79 Å². The van der Waals surface area contributed by atoms with Gasteiger partial charge in [-0.1, -0.05) is 26.8 Å². The number of aromatic nitrogens is 2. The fourth-order valence-electron chi connectivity index (χ4n) is 3.67. The van der Waals surface area contributed by atoms with E-state index in [1.807, 2.05) is 19.1 Å². The van der Waals surface area contributed by atoms with Gasteiger partial charge < -0.3 is 29.1 Å². The molecule has 1 amide bonds. The first-order chi connectivity index (χ1) is 16.1. The Balaban J connectivity index is 1.64. The van der Waals surface area contributed by atoms with E-state index < -0.39 is 8.32 Å². The highest BCUT2D eigenvalue weighted by Crippen LogP contribution is 2.37. The molecule has 0 bridgehead atoms. The summed E-state index contributed by atoms with van der Waals surface area (Å²) >= 11 is 0. The molecule has 0 radical (unpaired) electrons. The molecular formula is C25H40N4O4Si. The molecule has 1 aliphatic heterocycles. The maximum absolute atomic E-state index is 12.7. The molecule has 3 rings (SSSR count). The summed E-state index contributed by atoms with van der Waals surface area (Å²) in [5, 5.41) is 3.19. The SMILES string of the molecule is C[C@H](O[Si](C)(C)C(C)(C)C)[C@@H](CCOc1cccc(N2CCOCC2)c1)NC(=O)c1c[nH]cn1. The number of nitrogens with zero attached hydrogens (tertiary/aromatic N) is 2. The van der Waals surface area contributed by atoms with Gasteiger partial charge in [-0.3, -0.25) is 4.79 Å². The predicted molar refractivity (Wildman–Crippen MR) is 137 cm³/mol. The first-order valence-electron chi connectivity index (χ1n) is 12.1. The number of rotatable bonds is 10. The van der Waals surface area contributed by atoms with E-state index in [0.29, 0.717) is 18.7 Å². The molecule has 1 aromatic heterocycles. The third kappa shape index (κ3) is 7.07. The average Bonchev–Trinajstić information content (AvgIpc) is 3.33. The van der Waals surface area contributed by atoms with Gasteiger partial charge in [-0.05, 0) is 37.2 Å². The van der Waals surface area contributed by atoms with Crippen LogP contribution in [0, 0.1) is 0 Å². The zero-order chi connectivity index (χ0) is 24.8. The first kappa shape index (κ1) is 26.2. The number of ether oxygens (including phenoxy) is 2. The number of aromatic amines is 1. The van der Waals surface area contributed by atoms with E-state index in [1.54, 1.807) is 6.20 Å². The summed E-state index contributed by atoms with van der Waals surface area (Å²) in [5.74, 6) is 0.602. The van der Waals surface area contributed by atoms with Crippen molar-refractivity contribution >= 4 is 19.9 Å². The highest BCUT2D eigenvalue weighted by atomic mass is 28.4. The van der Waals surface area contributed by atoms with Gasteiger partial charge in [0.25, 0.3) is 5.91 Å². The van der Waals surface area contributed by atoms with E-state index in [1.165, 1.54) is 6.33 Å². The summed E-state index contributed by atoms with van der Waals surface area (Å²) in [6.07, 6.45) is 3.56. The largest absolute Gasteiger partial charge is 0.493 e. The topological polar surface area (TPSA) is 88.7 Å². The lowest BCUT2D eigenvalue weighted by Gasteiger charge is -2.40. The van der Waals surface area contributed by atoms with Crippen molar-refractivity contribution in [2.24, 2.45) is 0 Å². The van der Waals surface area contributed by atoms with Crippen molar-refractivity contribution in [3.05, 3.63) is 42.5 Å². The summed E-state index contributed by atoms with van der Waals surface area (Å²) in [6.45, 7) is 16.9. The van der Waals surface area contributed by atoms with Crippen molar-refractivity contribution in [3.63, 3.8) is 0 Å². The number of hydrogen-bond donors (Lipinski definition) is 2. The van der Waals surface area contributed by atoms with Crippen LogP contribution in [0.1, 0.15) is 44.6 Å². The number of nitrogens with one attached hydrogen (secondary N) is 2. The molecule has 9 heteroatoms. The van der Waals surface area contributed by atoms with Crippen LogP contribution < -0.4 is 15.0 Å². The molecule has 2 atom stereocenters. The molecule has 1 aliphatic rings. The Hall–Kier alpha value is -2.36. The summed E-state index contributed by atoms with van der Waals surface area (Å²) in [4.78, 5) is 22.0. The number of carbonyl (C=O) groups excluding carboxylic acids is 1. The van der Waals surface area contributed by atoms with E-state index in [2.05, 4.69) is 66.2 Å². The zero-order valence-corrected chi connectivity index (χ0v) is 22.4. The Morgan fingerprint density at radius 1 is 1.29 bits per heavy atom. The molecule has 34 heavy (non-hydrogen) atoms. The highest BCUT2D eigenvalue weighted by molar-refractivity contribution is 6.74. The number of amides is 1. The number of morpholine rings is 1. The standard InChI is InChI=1S/C25H40N4O4Si/c1-19(33-34(5,6)25(2,3)4)22(28-24(30)23-17-26-18-27-23)10-13-32-21-9-7-8-20(16-21)29-11-14-31-15-12-29/h7-9,16-19,22H,10-15H2,1-6H3,(H,26,27)(H,28,30)/t19-,22+/m0/s1. The third-order valence-corrected chi connectivity index (χ3v) is 11.4. The summed E-state index contributed by atoms with van der Waals surface area (Å²) in [6, 6.07) is 7.94. The number of H-pyrrole nitrogens is 1. The fraction of sp³-hybridized carbons (Fsp3) is 0.600. The molecule has 0 aliphatic carbocycles. The van der Waals surface area contributed by atoms with Crippen LogP contribution in [0.5, 0.6) is 5.75 Å². The van der Waals surface area contributed by atoms with Crippen LogP contribution in [0.15, 0.2) is 36.8 Å². The van der Waals surface area contributed by atoms with Crippen LogP contribution >= 0.6 is 0 Å². The molecule has 1 aromatic carbocycles. The minimum Gasteiger partial charge on any atom is -0.493 e. The Kier molecular flexibility index (Phi) is 8.78. The van der Waals surface area contributed by atoms with Crippen molar-refractivity contribution < 1.29 is 18.7 Å². The van der Waals surface area contributed by atoms with E-state index in [0.717, 1.165) is 37.7 Å². The van der Waals surface area contributed by atoms with Crippen LogP contribution in [0.4, 0.5) is 5.69 Å². The fourth-order valence-corrected chi connectivity index (χ4v) is 5.12. The molecular weight excluding hydrogens is 448 g/mol. The normalized spacial score (nSPS) is 16.7. The van der Waals surface area contributed by atoms with Gasteiger partial charge in [-0.25, -0.2) is 4.98 Å². The maximum Gasteiger partial charge on any atom is 0.271 e. The van der Waals surface area contributed by atoms with Crippen LogP contribution in [0.2, 0.25) is 18.1 Å². The first-order valence-corrected chi connectivity index (χ1v) is 15.0.